The minimum Gasteiger partial charge on any atom is -0.490 e. The number of nitrogens with one attached hydrogen (secondary N) is 1. The third-order valence-corrected chi connectivity index (χ3v) is 5.53. The van der Waals surface area contributed by atoms with E-state index >= 15 is 0 Å². The van der Waals surface area contributed by atoms with E-state index in [1.54, 1.807) is 29.5 Å². The third kappa shape index (κ3) is 4.84. The molecule has 150 valence electrons. The van der Waals surface area contributed by atoms with Gasteiger partial charge in [0, 0.05) is 22.0 Å². The van der Waals surface area contributed by atoms with Crippen LogP contribution in [0.15, 0.2) is 23.6 Å². The molecular formula is C21H25NO5S. The van der Waals surface area contributed by atoms with Crippen molar-refractivity contribution in [2.45, 2.75) is 39.5 Å². The molecule has 0 bridgehead atoms. The Bertz CT molecular complexity index is 845. The second-order valence-corrected chi connectivity index (χ2v) is 7.37. The van der Waals surface area contributed by atoms with Gasteiger partial charge in [-0.3, -0.25) is 4.79 Å². The van der Waals surface area contributed by atoms with Crippen LogP contribution in [-0.4, -0.2) is 31.7 Å². The molecule has 0 saturated heterocycles. The number of hydrogen-bond acceptors (Lipinski definition) is 6. The van der Waals surface area contributed by atoms with E-state index < -0.39 is 11.9 Å². The molecule has 3 rings (SSSR count). The number of carbonyl (C=O) groups is 2. The normalized spacial score (nSPS) is 12.8. The summed E-state index contributed by atoms with van der Waals surface area (Å²) in [7, 11) is 0. The van der Waals surface area contributed by atoms with Crippen LogP contribution in [0.4, 0.5) is 5.69 Å². The van der Waals surface area contributed by atoms with E-state index in [0.29, 0.717) is 36.0 Å². The molecule has 0 aliphatic heterocycles. The van der Waals surface area contributed by atoms with Gasteiger partial charge in [-0.1, -0.05) is 0 Å². The van der Waals surface area contributed by atoms with E-state index in [1.807, 2.05) is 19.2 Å². The van der Waals surface area contributed by atoms with E-state index in [-0.39, 0.29) is 6.61 Å². The van der Waals surface area contributed by atoms with Crippen LogP contribution in [0.25, 0.3) is 0 Å². The first-order valence-electron chi connectivity index (χ1n) is 9.58. The standard InChI is InChI=1S/C21H25NO5S/c1-3-25-17-10-9-14(11-18(17)26-4-2)22-20(23)12-27-21(24)16-13-28-19-8-6-5-7-15(16)19/h9-11,13H,3-8,12H2,1-2H3,(H,22,23). The van der Waals surface area contributed by atoms with E-state index in [9.17, 15) is 9.59 Å². The van der Waals surface area contributed by atoms with Gasteiger partial charge in [0.15, 0.2) is 18.1 Å². The lowest BCUT2D eigenvalue weighted by molar-refractivity contribution is -0.119. The third-order valence-electron chi connectivity index (χ3n) is 4.44. The molecule has 1 amide bonds. The number of aryl methyl sites for hydroxylation is 1. The van der Waals surface area contributed by atoms with Crippen molar-refractivity contribution in [1.82, 2.24) is 0 Å². The zero-order valence-electron chi connectivity index (χ0n) is 16.2. The molecule has 1 aromatic carbocycles. The Morgan fingerprint density at radius 2 is 1.82 bits per heavy atom. The number of hydrogen-bond donors (Lipinski definition) is 1. The molecule has 1 heterocycles. The lowest BCUT2D eigenvalue weighted by atomic mass is 9.96. The van der Waals surface area contributed by atoms with Gasteiger partial charge in [-0.05, 0) is 57.2 Å². The number of amides is 1. The summed E-state index contributed by atoms with van der Waals surface area (Å²) >= 11 is 1.60. The molecule has 1 aliphatic rings. The van der Waals surface area contributed by atoms with E-state index in [2.05, 4.69) is 5.32 Å². The fourth-order valence-corrected chi connectivity index (χ4v) is 4.31. The van der Waals surface area contributed by atoms with Crippen molar-refractivity contribution in [3.63, 3.8) is 0 Å². The first-order chi connectivity index (χ1) is 13.6. The molecule has 0 atom stereocenters. The number of benzene rings is 1. The van der Waals surface area contributed by atoms with Crippen molar-refractivity contribution in [2.75, 3.05) is 25.1 Å². The van der Waals surface area contributed by atoms with Gasteiger partial charge in [0.2, 0.25) is 0 Å². The first kappa shape index (κ1) is 20.2. The van der Waals surface area contributed by atoms with Crippen LogP contribution in [0.1, 0.15) is 47.5 Å². The molecule has 0 unspecified atom stereocenters. The number of fused-ring (bicyclic) bond motifs is 1. The topological polar surface area (TPSA) is 73.9 Å². The molecule has 1 aliphatic carbocycles. The van der Waals surface area contributed by atoms with Gasteiger partial charge in [0.05, 0.1) is 18.8 Å². The second kappa shape index (κ2) is 9.59. The Morgan fingerprint density at radius 3 is 2.61 bits per heavy atom. The summed E-state index contributed by atoms with van der Waals surface area (Å²) in [6.07, 6.45) is 4.18. The summed E-state index contributed by atoms with van der Waals surface area (Å²) in [5.41, 5.74) is 2.25. The fraction of sp³-hybridized carbons (Fsp3) is 0.429. The quantitative estimate of drug-likeness (QED) is 0.668. The predicted molar refractivity (Wildman–Crippen MR) is 109 cm³/mol. The van der Waals surface area contributed by atoms with E-state index in [0.717, 1.165) is 31.2 Å². The Kier molecular flexibility index (Phi) is 6.92. The number of carbonyl (C=O) groups excluding carboxylic acids is 2. The largest absolute Gasteiger partial charge is 0.490 e. The van der Waals surface area contributed by atoms with Gasteiger partial charge in [0.25, 0.3) is 5.91 Å². The summed E-state index contributed by atoms with van der Waals surface area (Å²) in [5, 5.41) is 4.57. The zero-order chi connectivity index (χ0) is 19.9. The van der Waals surface area contributed by atoms with E-state index in [1.165, 1.54) is 4.88 Å². The van der Waals surface area contributed by atoms with Crippen LogP contribution in [0.5, 0.6) is 11.5 Å². The molecule has 2 aromatic rings. The zero-order valence-corrected chi connectivity index (χ0v) is 17.0. The summed E-state index contributed by atoms with van der Waals surface area (Å²) in [6.45, 7) is 4.45. The second-order valence-electron chi connectivity index (χ2n) is 6.41. The van der Waals surface area contributed by atoms with Crippen molar-refractivity contribution in [1.29, 1.82) is 0 Å². The number of ether oxygens (including phenoxy) is 3. The van der Waals surface area contributed by atoms with Crippen molar-refractivity contribution in [2.24, 2.45) is 0 Å². The molecule has 6 nitrogen and oxygen atoms in total. The van der Waals surface area contributed by atoms with Crippen LogP contribution in [0.3, 0.4) is 0 Å². The smallest absolute Gasteiger partial charge is 0.339 e. The van der Waals surface area contributed by atoms with Crippen LogP contribution in [0, 0.1) is 0 Å². The van der Waals surface area contributed by atoms with Gasteiger partial charge < -0.3 is 19.5 Å². The maximum atomic E-state index is 12.4. The molecule has 0 radical (unpaired) electrons. The maximum absolute atomic E-state index is 12.4. The van der Waals surface area contributed by atoms with Crippen LogP contribution >= 0.6 is 11.3 Å². The molecule has 0 fully saturated rings. The van der Waals surface area contributed by atoms with E-state index in [4.69, 9.17) is 14.2 Å². The molecule has 1 aromatic heterocycles. The van der Waals surface area contributed by atoms with Gasteiger partial charge >= 0.3 is 5.97 Å². The number of esters is 1. The lowest BCUT2D eigenvalue weighted by Crippen LogP contribution is -2.21. The average molecular weight is 404 g/mol. The molecular weight excluding hydrogens is 378 g/mol. The summed E-state index contributed by atoms with van der Waals surface area (Å²) in [6, 6.07) is 5.17. The van der Waals surface area contributed by atoms with Crippen molar-refractivity contribution in [3.8, 4) is 11.5 Å². The fourth-order valence-electron chi connectivity index (χ4n) is 3.20. The van der Waals surface area contributed by atoms with Crippen molar-refractivity contribution >= 4 is 28.9 Å². The number of rotatable bonds is 8. The molecule has 0 spiro atoms. The van der Waals surface area contributed by atoms with Crippen LogP contribution < -0.4 is 14.8 Å². The summed E-state index contributed by atoms with van der Waals surface area (Å²) in [4.78, 5) is 25.8. The monoisotopic (exact) mass is 403 g/mol. The average Bonchev–Trinajstić information content (AvgIpc) is 3.13. The number of anilines is 1. The molecule has 1 N–H and O–H groups in total. The molecule has 28 heavy (non-hydrogen) atoms. The van der Waals surface area contributed by atoms with Gasteiger partial charge in [-0.25, -0.2) is 4.79 Å². The van der Waals surface area contributed by atoms with Crippen LogP contribution in [-0.2, 0) is 22.4 Å². The summed E-state index contributed by atoms with van der Waals surface area (Å²) < 4.78 is 16.3. The minimum absolute atomic E-state index is 0.333. The highest BCUT2D eigenvalue weighted by molar-refractivity contribution is 7.10. The first-order valence-corrected chi connectivity index (χ1v) is 10.5. The SMILES string of the molecule is CCOc1ccc(NC(=O)COC(=O)c2csc3c2CCCC3)cc1OCC. The minimum atomic E-state index is -0.434. The van der Waals surface area contributed by atoms with Crippen molar-refractivity contribution in [3.05, 3.63) is 39.6 Å². The van der Waals surface area contributed by atoms with Gasteiger partial charge in [0.1, 0.15) is 0 Å². The Morgan fingerprint density at radius 1 is 1.07 bits per heavy atom. The Labute approximate surface area is 168 Å². The highest BCUT2D eigenvalue weighted by Gasteiger charge is 2.21. The van der Waals surface area contributed by atoms with Gasteiger partial charge in [-0.2, -0.15) is 0 Å². The molecule has 0 saturated carbocycles. The molecule has 7 heteroatoms. The highest BCUT2D eigenvalue weighted by atomic mass is 32.1. The van der Waals surface area contributed by atoms with Crippen molar-refractivity contribution < 1.29 is 23.8 Å². The predicted octanol–water partition coefficient (Wildman–Crippen LogP) is 4.22. The van der Waals surface area contributed by atoms with Gasteiger partial charge in [-0.15, -0.1) is 11.3 Å². The number of thiophene rings is 1. The maximum Gasteiger partial charge on any atom is 0.339 e. The summed E-state index contributed by atoms with van der Waals surface area (Å²) in [5.74, 6) is 0.348. The van der Waals surface area contributed by atoms with Crippen LogP contribution in [0.2, 0.25) is 0 Å². The highest BCUT2D eigenvalue weighted by Crippen LogP contribution is 2.31. The Balaban J connectivity index is 1.57. The lowest BCUT2D eigenvalue weighted by Gasteiger charge is -2.13. The Hall–Kier alpha value is -2.54.